The van der Waals surface area contributed by atoms with E-state index in [1.165, 1.54) is 27.5 Å². The topological polar surface area (TPSA) is 81.3 Å². The highest BCUT2D eigenvalue weighted by Gasteiger charge is 2.40. The van der Waals surface area contributed by atoms with Gasteiger partial charge in [0.25, 0.3) is 15.6 Å². The lowest BCUT2D eigenvalue weighted by atomic mass is 9.72. The first-order valence-corrected chi connectivity index (χ1v) is 14.5. The molecule has 0 radical (unpaired) electrons. The molecule has 2 heterocycles. The first-order chi connectivity index (χ1) is 18.8. The van der Waals surface area contributed by atoms with Crippen molar-refractivity contribution >= 4 is 20.9 Å². The largest absolute Gasteiger partial charge is 0.396 e. The lowest BCUT2D eigenvalue weighted by molar-refractivity contribution is 0.252. The number of aliphatic hydroxyl groups is 1. The molecule has 198 valence electrons. The van der Waals surface area contributed by atoms with Crippen molar-refractivity contribution in [1.29, 1.82) is 0 Å². The molecule has 0 fully saturated rings. The van der Waals surface area contributed by atoms with E-state index in [0.717, 1.165) is 33.5 Å². The van der Waals surface area contributed by atoms with Crippen molar-refractivity contribution in [2.24, 2.45) is 7.05 Å². The molecule has 0 saturated heterocycles. The SMILES string of the molecule is Cc1ccc(S(=O)(=O)n2ccc3c(-c4ccc5c(c4)C(CCO)(c4ccccc4)CC5)cn(C)c(=O)c32)cc1. The smallest absolute Gasteiger partial charge is 0.275 e. The predicted octanol–water partition coefficient (Wildman–Crippen LogP) is 5.17. The third kappa shape index (κ3) is 3.96. The number of hydrogen-bond acceptors (Lipinski definition) is 4. The Morgan fingerprint density at radius 3 is 2.44 bits per heavy atom. The van der Waals surface area contributed by atoms with Gasteiger partial charge in [0.15, 0.2) is 0 Å². The molecule has 0 bridgehead atoms. The average Bonchev–Trinajstić information content (AvgIpc) is 3.55. The molecule has 6 rings (SSSR count). The van der Waals surface area contributed by atoms with Crippen LogP contribution in [0.4, 0.5) is 0 Å². The highest BCUT2D eigenvalue weighted by Crippen LogP contribution is 2.48. The Balaban J connectivity index is 1.55. The minimum Gasteiger partial charge on any atom is -0.396 e. The number of aliphatic hydroxyl groups excluding tert-OH is 1. The van der Waals surface area contributed by atoms with Crippen LogP contribution < -0.4 is 5.56 Å². The van der Waals surface area contributed by atoms with Gasteiger partial charge in [0.2, 0.25) is 0 Å². The maximum Gasteiger partial charge on any atom is 0.275 e. The van der Waals surface area contributed by atoms with Gasteiger partial charge < -0.3 is 9.67 Å². The molecule has 1 aliphatic carbocycles. The quantitative estimate of drug-likeness (QED) is 0.324. The number of fused-ring (bicyclic) bond motifs is 2. The Bertz CT molecular complexity index is 1870. The summed E-state index contributed by atoms with van der Waals surface area (Å²) >= 11 is 0. The fourth-order valence-corrected chi connectivity index (χ4v) is 7.47. The molecular weight excluding hydrogens is 508 g/mol. The Labute approximate surface area is 227 Å². The molecule has 0 amide bonds. The molecule has 39 heavy (non-hydrogen) atoms. The highest BCUT2D eigenvalue weighted by molar-refractivity contribution is 7.90. The summed E-state index contributed by atoms with van der Waals surface area (Å²) in [6.07, 6.45) is 5.68. The average molecular weight is 539 g/mol. The zero-order chi connectivity index (χ0) is 27.4. The van der Waals surface area contributed by atoms with E-state index in [9.17, 15) is 18.3 Å². The van der Waals surface area contributed by atoms with E-state index in [-0.39, 0.29) is 28.0 Å². The summed E-state index contributed by atoms with van der Waals surface area (Å²) in [5.74, 6) is 0. The van der Waals surface area contributed by atoms with Crippen LogP contribution in [0.15, 0.2) is 101 Å². The minimum absolute atomic E-state index is 0.0718. The number of pyridine rings is 1. The molecule has 5 aromatic rings. The van der Waals surface area contributed by atoms with E-state index in [4.69, 9.17) is 0 Å². The summed E-state index contributed by atoms with van der Waals surface area (Å²) in [5, 5.41) is 10.6. The number of aryl methyl sites for hydroxylation is 3. The molecule has 1 N–H and O–H groups in total. The monoisotopic (exact) mass is 538 g/mol. The van der Waals surface area contributed by atoms with Crippen molar-refractivity contribution in [3.8, 4) is 11.1 Å². The van der Waals surface area contributed by atoms with Gasteiger partial charge in [0.05, 0.1) is 4.90 Å². The molecule has 0 saturated carbocycles. The lowest BCUT2D eigenvalue weighted by Crippen LogP contribution is -2.26. The second-order valence-electron chi connectivity index (χ2n) is 10.4. The van der Waals surface area contributed by atoms with Crippen molar-refractivity contribution in [2.45, 2.75) is 36.5 Å². The van der Waals surface area contributed by atoms with E-state index < -0.39 is 10.0 Å². The van der Waals surface area contributed by atoms with Gasteiger partial charge in [-0.25, -0.2) is 12.4 Å². The molecule has 0 spiro atoms. The number of aromatic nitrogens is 2. The van der Waals surface area contributed by atoms with Gasteiger partial charge >= 0.3 is 0 Å². The molecule has 6 nitrogen and oxygen atoms in total. The fourth-order valence-electron chi connectivity index (χ4n) is 6.13. The summed E-state index contributed by atoms with van der Waals surface area (Å²) in [6.45, 7) is 1.97. The Kier molecular flexibility index (Phi) is 6.08. The second kappa shape index (κ2) is 9.36. The van der Waals surface area contributed by atoms with Gasteiger partial charge in [-0.15, -0.1) is 0 Å². The van der Waals surface area contributed by atoms with Gasteiger partial charge in [0.1, 0.15) is 5.52 Å². The van der Waals surface area contributed by atoms with E-state index in [1.807, 2.05) is 31.2 Å². The van der Waals surface area contributed by atoms with Crippen molar-refractivity contribution in [3.05, 3.63) is 124 Å². The van der Waals surface area contributed by atoms with E-state index >= 15 is 0 Å². The van der Waals surface area contributed by atoms with Gasteiger partial charge in [-0.05, 0) is 72.7 Å². The van der Waals surface area contributed by atoms with Crippen LogP contribution >= 0.6 is 0 Å². The van der Waals surface area contributed by atoms with E-state index in [2.05, 4.69) is 24.3 Å². The predicted molar refractivity (Wildman–Crippen MR) is 154 cm³/mol. The van der Waals surface area contributed by atoms with Crippen LogP contribution in [0.1, 0.15) is 35.1 Å². The van der Waals surface area contributed by atoms with Crippen LogP contribution in [-0.4, -0.2) is 28.7 Å². The van der Waals surface area contributed by atoms with E-state index in [0.29, 0.717) is 11.8 Å². The fraction of sp³-hybridized carbons (Fsp3) is 0.219. The zero-order valence-corrected chi connectivity index (χ0v) is 22.8. The summed E-state index contributed by atoms with van der Waals surface area (Å²) in [5.41, 5.74) is 5.68. The molecule has 3 aromatic carbocycles. The summed E-state index contributed by atoms with van der Waals surface area (Å²) < 4.78 is 29.7. The number of benzene rings is 3. The lowest BCUT2D eigenvalue weighted by Gasteiger charge is -2.31. The molecule has 1 unspecified atom stereocenters. The Hall–Kier alpha value is -3.94. The summed E-state index contributed by atoms with van der Waals surface area (Å²) in [4.78, 5) is 13.5. The van der Waals surface area contributed by atoms with E-state index in [1.54, 1.807) is 43.6 Å². The summed E-state index contributed by atoms with van der Waals surface area (Å²) in [7, 11) is -2.33. The molecule has 1 atom stereocenters. The summed E-state index contributed by atoms with van der Waals surface area (Å²) in [6, 6.07) is 25.0. The third-order valence-electron chi connectivity index (χ3n) is 8.19. The standard InChI is InChI=1S/C32H30N2O4S/c1-22-8-12-26(13-9-22)39(37,38)34-18-15-27-28(21-33(2)31(36)30(27)34)24-11-10-23-14-16-32(17-19-35,29(23)20-24)25-6-4-3-5-7-25/h3-13,15,18,20-21,35H,14,16-17,19H2,1-2H3. The number of hydrogen-bond donors (Lipinski definition) is 1. The zero-order valence-electron chi connectivity index (χ0n) is 22.0. The van der Waals surface area contributed by atoms with Crippen LogP contribution in [0, 0.1) is 6.92 Å². The Morgan fingerprint density at radius 2 is 1.72 bits per heavy atom. The molecule has 0 aliphatic heterocycles. The second-order valence-corrected chi connectivity index (χ2v) is 12.3. The van der Waals surface area contributed by atoms with Gasteiger partial charge in [0, 0.05) is 42.4 Å². The van der Waals surface area contributed by atoms with Crippen molar-refractivity contribution in [2.75, 3.05) is 6.61 Å². The van der Waals surface area contributed by atoms with Crippen molar-refractivity contribution in [3.63, 3.8) is 0 Å². The maximum absolute atomic E-state index is 13.6. The van der Waals surface area contributed by atoms with Crippen LogP contribution in [-0.2, 0) is 28.9 Å². The minimum atomic E-state index is -3.97. The van der Waals surface area contributed by atoms with Crippen LogP contribution in [0.25, 0.3) is 22.0 Å². The molecule has 2 aromatic heterocycles. The Morgan fingerprint density at radius 1 is 0.974 bits per heavy atom. The van der Waals surface area contributed by atoms with Gasteiger partial charge in [-0.1, -0.05) is 60.2 Å². The first kappa shape index (κ1) is 25.3. The van der Waals surface area contributed by atoms with Crippen molar-refractivity contribution in [1.82, 2.24) is 8.54 Å². The van der Waals surface area contributed by atoms with Crippen LogP contribution in [0.2, 0.25) is 0 Å². The molecule has 1 aliphatic rings. The van der Waals surface area contributed by atoms with Crippen molar-refractivity contribution < 1.29 is 13.5 Å². The first-order valence-electron chi connectivity index (χ1n) is 13.1. The van der Waals surface area contributed by atoms with Gasteiger partial charge in [-0.3, -0.25) is 4.79 Å². The third-order valence-corrected chi connectivity index (χ3v) is 9.88. The van der Waals surface area contributed by atoms with Crippen LogP contribution in [0.5, 0.6) is 0 Å². The number of nitrogens with zero attached hydrogens (tertiary/aromatic N) is 2. The maximum atomic E-state index is 13.6. The van der Waals surface area contributed by atoms with Gasteiger partial charge in [-0.2, -0.15) is 0 Å². The van der Waals surface area contributed by atoms with Crippen LogP contribution in [0.3, 0.4) is 0 Å². The number of rotatable bonds is 6. The highest BCUT2D eigenvalue weighted by atomic mass is 32.2. The molecule has 7 heteroatoms. The normalized spacial score (nSPS) is 17.0. The molecular formula is C32H30N2O4S.